The van der Waals surface area contributed by atoms with E-state index in [1.165, 1.54) is 23.2 Å². The van der Waals surface area contributed by atoms with Crippen LogP contribution in [0.15, 0.2) is 40.8 Å². The number of nitrogens with one attached hydrogen (secondary N) is 3. The van der Waals surface area contributed by atoms with Crippen LogP contribution in [0.5, 0.6) is 0 Å². The Morgan fingerprint density at radius 3 is 2.61 bits per heavy atom. The molecule has 0 fully saturated rings. The molecule has 0 radical (unpaired) electrons. The van der Waals surface area contributed by atoms with Gasteiger partial charge in [-0.15, -0.1) is 11.3 Å². The largest absolute Gasteiger partial charge is 0.348 e. The van der Waals surface area contributed by atoms with Crippen molar-refractivity contribution in [2.24, 2.45) is 5.73 Å². The molecule has 8 heteroatoms. The molecule has 5 N–H and O–H groups in total. The van der Waals surface area contributed by atoms with Crippen molar-refractivity contribution in [2.75, 3.05) is 13.1 Å². The third-order valence-electron chi connectivity index (χ3n) is 4.48. The van der Waals surface area contributed by atoms with E-state index in [1.807, 2.05) is 12.1 Å². The number of nitrogens with two attached hydrogens (primary N) is 1. The molecule has 148 valence electrons. The number of carbonyl (C=O) groups excluding carboxylic acids is 1. The van der Waals surface area contributed by atoms with Gasteiger partial charge in [-0.25, -0.2) is 4.98 Å². The lowest BCUT2D eigenvalue weighted by Gasteiger charge is -2.07. The van der Waals surface area contributed by atoms with Crippen LogP contribution in [0.4, 0.5) is 0 Å². The average molecular weight is 400 g/mol. The molecule has 0 saturated heterocycles. The molecular weight excluding hydrogens is 374 g/mol. The van der Waals surface area contributed by atoms with E-state index in [4.69, 9.17) is 5.73 Å². The lowest BCUT2D eigenvalue weighted by Crippen LogP contribution is -2.24. The van der Waals surface area contributed by atoms with Crippen molar-refractivity contribution in [1.82, 2.24) is 20.6 Å². The second kappa shape index (κ2) is 10.1. The summed E-state index contributed by atoms with van der Waals surface area (Å²) in [5.74, 6) is -0.270. The standard InChI is InChI=1S/C20H25N5O2S/c21-8-2-1-3-9-22-10-14-4-6-15(7-5-14)11-23-18(26)16-12-28-20-17(16)19(27)24-13-25-20/h4-7,12-13,22H,1-3,8-11,21H2,(H,23,26)(H,24,25,27). The second-order valence-corrected chi connectivity index (χ2v) is 7.44. The van der Waals surface area contributed by atoms with Crippen molar-refractivity contribution in [3.63, 3.8) is 0 Å². The van der Waals surface area contributed by atoms with E-state index in [0.29, 0.717) is 22.3 Å². The van der Waals surface area contributed by atoms with Gasteiger partial charge >= 0.3 is 0 Å². The van der Waals surface area contributed by atoms with Gasteiger partial charge in [-0.2, -0.15) is 0 Å². The van der Waals surface area contributed by atoms with Gasteiger partial charge in [0, 0.05) is 18.5 Å². The molecule has 0 saturated carbocycles. The van der Waals surface area contributed by atoms with E-state index < -0.39 is 0 Å². The number of benzene rings is 1. The molecule has 1 amide bonds. The number of nitrogens with zero attached hydrogens (tertiary/aromatic N) is 1. The molecule has 0 aliphatic rings. The summed E-state index contributed by atoms with van der Waals surface area (Å²) in [7, 11) is 0. The Balaban J connectivity index is 1.49. The minimum atomic E-state index is -0.295. The SMILES string of the molecule is NCCCCCNCc1ccc(CNC(=O)c2csc3nc[nH]c(=O)c23)cc1. The summed E-state index contributed by atoms with van der Waals surface area (Å²) in [6, 6.07) is 8.13. The summed E-state index contributed by atoms with van der Waals surface area (Å²) in [4.78, 5) is 31.6. The Bertz CT molecular complexity index is 965. The lowest BCUT2D eigenvalue weighted by atomic mass is 10.1. The van der Waals surface area contributed by atoms with Crippen LogP contribution in [0.2, 0.25) is 0 Å². The van der Waals surface area contributed by atoms with Crippen molar-refractivity contribution >= 4 is 27.5 Å². The van der Waals surface area contributed by atoms with E-state index in [9.17, 15) is 9.59 Å². The number of H-pyrrole nitrogens is 1. The van der Waals surface area contributed by atoms with Gasteiger partial charge in [0.05, 0.1) is 17.3 Å². The fourth-order valence-electron chi connectivity index (χ4n) is 2.91. The molecule has 0 atom stereocenters. The molecule has 0 spiro atoms. The second-order valence-electron chi connectivity index (χ2n) is 6.59. The predicted molar refractivity (Wildman–Crippen MR) is 112 cm³/mol. The number of aromatic nitrogens is 2. The zero-order chi connectivity index (χ0) is 19.8. The highest BCUT2D eigenvalue weighted by Crippen LogP contribution is 2.20. The predicted octanol–water partition coefficient (Wildman–Crippen LogP) is 2.13. The van der Waals surface area contributed by atoms with Gasteiger partial charge < -0.3 is 21.4 Å². The summed E-state index contributed by atoms with van der Waals surface area (Å²) in [6.07, 6.45) is 4.72. The fraction of sp³-hybridized carbons (Fsp3) is 0.350. The number of thiophene rings is 1. The maximum Gasteiger partial charge on any atom is 0.260 e. The van der Waals surface area contributed by atoms with E-state index in [1.54, 1.807) is 5.38 Å². The Hall–Kier alpha value is -2.55. The topological polar surface area (TPSA) is 113 Å². The zero-order valence-electron chi connectivity index (χ0n) is 15.7. The number of amides is 1. The summed E-state index contributed by atoms with van der Waals surface area (Å²) in [5, 5.41) is 8.31. The van der Waals surface area contributed by atoms with Crippen LogP contribution in [0.1, 0.15) is 40.7 Å². The maximum atomic E-state index is 12.5. The first kappa shape index (κ1) is 20.2. The number of aromatic amines is 1. The highest BCUT2D eigenvalue weighted by atomic mass is 32.1. The van der Waals surface area contributed by atoms with Crippen LogP contribution in [0, 0.1) is 0 Å². The Labute approximate surface area is 167 Å². The van der Waals surface area contributed by atoms with Crippen LogP contribution in [-0.4, -0.2) is 29.0 Å². The molecule has 1 aromatic carbocycles. The van der Waals surface area contributed by atoms with Crippen LogP contribution in [0.25, 0.3) is 10.2 Å². The quantitative estimate of drug-likeness (QED) is 0.390. The molecular formula is C20H25N5O2S. The number of hydrogen-bond acceptors (Lipinski definition) is 6. The Morgan fingerprint density at radius 2 is 1.86 bits per heavy atom. The third-order valence-corrected chi connectivity index (χ3v) is 5.37. The van der Waals surface area contributed by atoms with E-state index >= 15 is 0 Å². The fourth-order valence-corrected chi connectivity index (χ4v) is 3.80. The van der Waals surface area contributed by atoms with E-state index in [2.05, 4.69) is 32.7 Å². The number of unbranched alkanes of at least 4 members (excludes halogenated alkanes) is 2. The lowest BCUT2D eigenvalue weighted by molar-refractivity contribution is 0.0953. The molecule has 0 unspecified atom stereocenters. The Morgan fingerprint density at radius 1 is 1.11 bits per heavy atom. The average Bonchev–Trinajstić information content (AvgIpc) is 3.15. The third kappa shape index (κ3) is 5.25. The van der Waals surface area contributed by atoms with Crippen molar-refractivity contribution < 1.29 is 4.79 Å². The van der Waals surface area contributed by atoms with Gasteiger partial charge in [0.1, 0.15) is 4.83 Å². The Kier molecular flexibility index (Phi) is 7.30. The molecule has 2 aromatic heterocycles. The minimum absolute atomic E-state index is 0.270. The smallest absolute Gasteiger partial charge is 0.260 e. The van der Waals surface area contributed by atoms with Crippen LogP contribution < -0.4 is 21.9 Å². The molecule has 0 bridgehead atoms. The summed E-state index contributed by atoms with van der Waals surface area (Å²) in [6.45, 7) is 2.97. The minimum Gasteiger partial charge on any atom is -0.348 e. The van der Waals surface area contributed by atoms with Crippen LogP contribution in [-0.2, 0) is 13.1 Å². The number of rotatable bonds is 10. The first-order valence-electron chi connectivity index (χ1n) is 9.40. The molecule has 3 rings (SSSR count). The van der Waals surface area contributed by atoms with Crippen molar-refractivity contribution in [3.05, 3.63) is 63.0 Å². The first-order valence-corrected chi connectivity index (χ1v) is 10.3. The van der Waals surface area contributed by atoms with E-state index in [-0.39, 0.29) is 11.5 Å². The number of hydrogen-bond donors (Lipinski definition) is 4. The van der Waals surface area contributed by atoms with Crippen molar-refractivity contribution in [2.45, 2.75) is 32.4 Å². The van der Waals surface area contributed by atoms with Crippen molar-refractivity contribution in [1.29, 1.82) is 0 Å². The van der Waals surface area contributed by atoms with Crippen LogP contribution >= 0.6 is 11.3 Å². The normalized spacial score (nSPS) is 11.0. The zero-order valence-corrected chi connectivity index (χ0v) is 16.5. The monoisotopic (exact) mass is 399 g/mol. The number of carbonyl (C=O) groups is 1. The molecule has 0 aliphatic heterocycles. The van der Waals surface area contributed by atoms with Gasteiger partial charge in [-0.05, 0) is 37.1 Å². The summed E-state index contributed by atoms with van der Waals surface area (Å²) in [5.41, 5.74) is 7.77. The van der Waals surface area contributed by atoms with Crippen molar-refractivity contribution in [3.8, 4) is 0 Å². The molecule has 28 heavy (non-hydrogen) atoms. The maximum absolute atomic E-state index is 12.5. The van der Waals surface area contributed by atoms with Gasteiger partial charge in [0.2, 0.25) is 0 Å². The first-order chi connectivity index (χ1) is 13.7. The van der Waals surface area contributed by atoms with Gasteiger partial charge in [-0.1, -0.05) is 30.7 Å². The molecule has 3 aromatic rings. The van der Waals surface area contributed by atoms with Gasteiger partial charge in [-0.3, -0.25) is 9.59 Å². The van der Waals surface area contributed by atoms with Crippen LogP contribution in [0.3, 0.4) is 0 Å². The summed E-state index contributed by atoms with van der Waals surface area (Å²) >= 11 is 1.29. The molecule has 0 aliphatic carbocycles. The number of fused-ring (bicyclic) bond motifs is 1. The summed E-state index contributed by atoms with van der Waals surface area (Å²) < 4.78 is 0. The molecule has 2 heterocycles. The highest BCUT2D eigenvalue weighted by Gasteiger charge is 2.15. The van der Waals surface area contributed by atoms with Gasteiger partial charge in [0.15, 0.2) is 0 Å². The van der Waals surface area contributed by atoms with E-state index in [0.717, 1.165) is 44.5 Å². The van der Waals surface area contributed by atoms with Gasteiger partial charge in [0.25, 0.3) is 11.5 Å². The highest BCUT2D eigenvalue weighted by molar-refractivity contribution is 7.17. The molecule has 7 nitrogen and oxygen atoms in total.